The summed E-state index contributed by atoms with van der Waals surface area (Å²) in [7, 11) is 0. The van der Waals surface area contributed by atoms with Gasteiger partial charge in [-0.3, -0.25) is 0 Å². The molecule has 0 aromatic carbocycles. The van der Waals surface area contributed by atoms with Gasteiger partial charge >= 0.3 is 0 Å². The maximum atomic E-state index is 12.3. The fraction of sp³-hybridized carbons (Fsp3) is 1.00. The first kappa shape index (κ1) is 46.4. The molecule has 4 heterocycles. The minimum Gasteiger partial charge on any atom is -0.393 e. The summed E-state index contributed by atoms with van der Waals surface area (Å²) >= 11 is 0. The molecule has 2 spiro atoms. The summed E-state index contributed by atoms with van der Waals surface area (Å²) < 4.78 is 44.0. The molecule has 9 fully saturated rings. The van der Waals surface area contributed by atoms with Crippen molar-refractivity contribution < 1.29 is 84.2 Å². The molecule has 0 aromatic heterocycles. The number of fused-ring (bicyclic) bond motifs is 2. The van der Waals surface area contributed by atoms with Crippen LogP contribution < -0.4 is 0 Å². The van der Waals surface area contributed by atoms with Crippen molar-refractivity contribution in [1.82, 2.24) is 0 Å². The highest BCUT2D eigenvalue weighted by Crippen LogP contribution is 2.89. The van der Waals surface area contributed by atoms with Crippen molar-refractivity contribution in [2.45, 2.75) is 216 Å². The molecule has 9 aliphatic rings. The average molecular weight is 887 g/mol. The summed E-state index contributed by atoms with van der Waals surface area (Å²) in [6.07, 6.45) is -12.2. The lowest BCUT2D eigenvalue weighted by atomic mass is 9.41. The van der Waals surface area contributed by atoms with Crippen LogP contribution >= 0.6 is 0 Å². The molecule has 62 heavy (non-hydrogen) atoms. The first-order chi connectivity index (χ1) is 28.8. The Morgan fingerprint density at radius 2 is 1.15 bits per heavy atom. The van der Waals surface area contributed by atoms with E-state index in [1.807, 2.05) is 0 Å². The summed E-state index contributed by atoms with van der Waals surface area (Å²) in [5.74, 6) is -0.256. The van der Waals surface area contributed by atoms with Crippen molar-refractivity contribution in [3.63, 3.8) is 0 Å². The molecule has 356 valence electrons. The van der Waals surface area contributed by atoms with Crippen molar-refractivity contribution in [2.24, 2.45) is 44.8 Å². The van der Waals surface area contributed by atoms with Gasteiger partial charge in [0.15, 0.2) is 18.9 Å². The normalized spacial score (nSPS) is 58.5. The predicted octanol–water partition coefficient (Wildman–Crippen LogP) is -0.173. The van der Waals surface area contributed by atoms with E-state index in [9.17, 15) is 51.1 Å². The number of aliphatic hydroxyl groups is 10. The van der Waals surface area contributed by atoms with Crippen LogP contribution in [0.15, 0.2) is 0 Å². The lowest BCUT2D eigenvalue weighted by molar-refractivity contribution is -0.359. The first-order valence-corrected chi connectivity index (χ1v) is 23.2. The van der Waals surface area contributed by atoms with Crippen LogP contribution in [0.1, 0.15) is 106 Å². The van der Waals surface area contributed by atoms with E-state index in [0.29, 0.717) is 25.7 Å². The van der Waals surface area contributed by atoms with Crippen LogP contribution in [-0.2, 0) is 33.2 Å². The molecule has 0 amide bonds. The minimum absolute atomic E-state index is 0.0927. The van der Waals surface area contributed by atoms with Gasteiger partial charge in [-0.25, -0.2) is 0 Å². The molecule has 5 aliphatic carbocycles. The number of hydrogen-bond acceptors (Lipinski definition) is 17. The van der Waals surface area contributed by atoms with Crippen LogP contribution in [0.3, 0.4) is 0 Å². The van der Waals surface area contributed by atoms with Gasteiger partial charge in [0.2, 0.25) is 0 Å². The second-order valence-corrected chi connectivity index (χ2v) is 23.0. The standard InChI is InChI=1S/C45H74O17/c1-39(2)26(60-38-33(30(52)23(49)18-58-38)61-37-32(54)29(51)22(48)17-57-37)9-11-45-19-44(45)13-12-41(5)34(43(7)10-8-27(62-43)40(3,4)55)20(46)15-42(41,6)25(44)14-24(35(39)45)59-36-31(53)28(50)21(47)16-56-36/h20-38,46-55H,8-19H2,1-7H3/t20-,21?,22?,23?,24-,25?,26?,27-,28?,29?,30?,31?,32?,33?,34?,35?,36?,37?,38?,41+,42-,43+,44-,45+/m0/s1. The van der Waals surface area contributed by atoms with Crippen LogP contribution in [-0.4, -0.2) is 180 Å². The van der Waals surface area contributed by atoms with Crippen molar-refractivity contribution in [3.05, 3.63) is 0 Å². The largest absolute Gasteiger partial charge is 0.393 e. The Kier molecular flexibility index (Phi) is 11.5. The quantitative estimate of drug-likeness (QED) is 0.142. The molecule has 0 aromatic rings. The second kappa shape index (κ2) is 15.4. The van der Waals surface area contributed by atoms with Gasteiger partial charge in [-0.05, 0) is 117 Å². The lowest BCUT2D eigenvalue weighted by Gasteiger charge is -2.65. The second-order valence-electron chi connectivity index (χ2n) is 23.0. The molecule has 24 atom stereocenters. The molecular weight excluding hydrogens is 812 g/mol. The van der Waals surface area contributed by atoms with E-state index in [0.717, 1.165) is 32.1 Å². The Labute approximate surface area is 363 Å². The average Bonchev–Trinajstić information content (AvgIpc) is 3.56. The molecule has 17 heteroatoms. The van der Waals surface area contributed by atoms with Gasteiger partial charge in [0.05, 0.1) is 55.4 Å². The van der Waals surface area contributed by atoms with Gasteiger partial charge in [0.25, 0.3) is 0 Å². The zero-order valence-electron chi connectivity index (χ0n) is 37.3. The zero-order valence-corrected chi connectivity index (χ0v) is 37.3. The first-order valence-electron chi connectivity index (χ1n) is 23.2. The third kappa shape index (κ3) is 6.72. The van der Waals surface area contributed by atoms with E-state index < -0.39 is 109 Å². The number of rotatable bonds is 8. The van der Waals surface area contributed by atoms with Crippen molar-refractivity contribution in [2.75, 3.05) is 19.8 Å². The SMILES string of the molecule is CC1(C)C(OC2OCC(O)C(O)C2OC2OCC(O)C(O)C2O)CC[C@]23C[C@]24CC[C@]2(C)C([C@@]5(C)CC[C@@H](C(C)(C)O)O5)[C@@H](O)C[C@@]2(C)C4C[C@H](OC2OCC(O)C(O)C2O)C13. The summed E-state index contributed by atoms with van der Waals surface area (Å²) in [6.45, 7) is 13.8. The van der Waals surface area contributed by atoms with Gasteiger partial charge in [0.1, 0.15) is 54.9 Å². The Morgan fingerprint density at radius 1 is 0.565 bits per heavy atom. The number of ether oxygens (including phenoxy) is 7. The van der Waals surface area contributed by atoms with E-state index >= 15 is 0 Å². The van der Waals surface area contributed by atoms with E-state index in [1.165, 1.54) is 0 Å². The fourth-order valence-corrected chi connectivity index (χ4v) is 15.8. The summed E-state index contributed by atoms with van der Waals surface area (Å²) in [6, 6.07) is 0. The Hall–Kier alpha value is -0.680. The maximum Gasteiger partial charge on any atom is 0.186 e. The van der Waals surface area contributed by atoms with E-state index in [4.69, 9.17) is 33.2 Å². The minimum atomic E-state index is -1.65. The molecule has 0 radical (unpaired) electrons. The van der Waals surface area contributed by atoms with Crippen molar-refractivity contribution in [1.29, 1.82) is 0 Å². The van der Waals surface area contributed by atoms with Gasteiger partial charge < -0.3 is 84.2 Å². The molecule has 5 saturated carbocycles. The molecule has 4 aliphatic heterocycles. The number of aliphatic hydroxyl groups excluding tert-OH is 9. The molecular formula is C45H74O17. The molecule has 4 saturated heterocycles. The van der Waals surface area contributed by atoms with E-state index in [-0.39, 0.29) is 65.3 Å². The Balaban J connectivity index is 1.03. The van der Waals surface area contributed by atoms with Crippen LogP contribution in [0, 0.1) is 44.8 Å². The molecule has 17 nitrogen and oxygen atoms in total. The van der Waals surface area contributed by atoms with Gasteiger partial charge in [0, 0.05) is 5.92 Å². The third-order valence-corrected chi connectivity index (χ3v) is 18.9. The van der Waals surface area contributed by atoms with Gasteiger partial charge in [-0.1, -0.05) is 27.7 Å². The molecule has 16 unspecified atom stereocenters. The van der Waals surface area contributed by atoms with Gasteiger partial charge in [-0.15, -0.1) is 0 Å². The van der Waals surface area contributed by atoms with Gasteiger partial charge in [-0.2, -0.15) is 0 Å². The molecule has 10 N–H and O–H groups in total. The Morgan fingerprint density at radius 3 is 1.74 bits per heavy atom. The van der Waals surface area contributed by atoms with Crippen molar-refractivity contribution in [3.8, 4) is 0 Å². The van der Waals surface area contributed by atoms with E-state index in [2.05, 4.69) is 34.6 Å². The van der Waals surface area contributed by atoms with Crippen molar-refractivity contribution >= 4 is 0 Å². The lowest BCUT2D eigenvalue weighted by Crippen LogP contribution is -2.65. The Bertz CT molecular complexity index is 1660. The van der Waals surface area contributed by atoms with Crippen LogP contribution in [0.25, 0.3) is 0 Å². The highest BCUT2D eigenvalue weighted by molar-refractivity contribution is 5.33. The summed E-state index contributed by atoms with van der Waals surface area (Å²) in [5, 5.41) is 109. The topological polar surface area (TPSA) is 267 Å². The zero-order chi connectivity index (χ0) is 44.9. The summed E-state index contributed by atoms with van der Waals surface area (Å²) in [4.78, 5) is 0. The fourth-order valence-electron chi connectivity index (χ4n) is 15.8. The highest BCUT2D eigenvalue weighted by Gasteiger charge is 2.85. The van der Waals surface area contributed by atoms with Crippen LogP contribution in [0.5, 0.6) is 0 Å². The molecule has 0 bridgehead atoms. The van der Waals surface area contributed by atoms with Crippen LogP contribution in [0.2, 0.25) is 0 Å². The van der Waals surface area contributed by atoms with E-state index in [1.54, 1.807) is 13.8 Å². The molecule has 9 rings (SSSR count). The highest BCUT2D eigenvalue weighted by atomic mass is 16.8. The summed E-state index contributed by atoms with van der Waals surface area (Å²) in [5.41, 5.74) is -3.33. The maximum absolute atomic E-state index is 12.3. The smallest absolute Gasteiger partial charge is 0.186 e. The third-order valence-electron chi connectivity index (χ3n) is 18.9. The van der Waals surface area contributed by atoms with Crippen LogP contribution in [0.4, 0.5) is 0 Å². The number of hydrogen-bond donors (Lipinski definition) is 10. The monoisotopic (exact) mass is 886 g/mol. The predicted molar refractivity (Wildman–Crippen MR) is 214 cm³/mol.